The Morgan fingerprint density at radius 1 is 1.24 bits per heavy atom. The Hall–Kier alpha value is -2.64. The first-order valence-corrected chi connectivity index (χ1v) is 10.5. The fourth-order valence-electron chi connectivity index (χ4n) is 5.16. The molecular weight excluding hydrogens is 370 g/mol. The van der Waals surface area contributed by atoms with Crippen molar-refractivity contribution in [1.82, 2.24) is 24.3 Å². The van der Waals surface area contributed by atoms with Crippen molar-refractivity contribution in [1.29, 1.82) is 0 Å². The first-order valence-electron chi connectivity index (χ1n) is 10.5. The Morgan fingerprint density at radius 3 is 2.69 bits per heavy atom. The van der Waals surface area contributed by atoms with Crippen LogP contribution in [0.2, 0.25) is 0 Å². The summed E-state index contributed by atoms with van der Waals surface area (Å²) >= 11 is 0. The van der Waals surface area contributed by atoms with Gasteiger partial charge in [0.2, 0.25) is 5.91 Å². The van der Waals surface area contributed by atoms with E-state index in [1.165, 1.54) is 0 Å². The van der Waals surface area contributed by atoms with E-state index in [2.05, 4.69) is 4.98 Å². The second kappa shape index (κ2) is 6.43. The number of hydrogen-bond donors (Lipinski definition) is 0. The molecule has 1 aliphatic carbocycles. The molecule has 2 aliphatic heterocycles. The van der Waals surface area contributed by atoms with Crippen LogP contribution in [0.5, 0.6) is 0 Å². The van der Waals surface area contributed by atoms with Gasteiger partial charge in [-0.1, -0.05) is 6.42 Å². The molecule has 8 heteroatoms. The number of imidazole rings is 1. The van der Waals surface area contributed by atoms with Gasteiger partial charge >= 0.3 is 0 Å². The number of carbonyl (C=O) groups is 2. The molecule has 4 heterocycles. The van der Waals surface area contributed by atoms with E-state index >= 15 is 0 Å². The molecule has 2 aromatic rings. The Balaban J connectivity index is 1.53. The van der Waals surface area contributed by atoms with Gasteiger partial charge in [-0.15, -0.1) is 0 Å². The fraction of sp³-hybridized carbons (Fsp3) is 0.619. The smallest absolute Gasteiger partial charge is 0.276 e. The van der Waals surface area contributed by atoms with Crippen LogP contribution in [0.1, 0.15) is 59.2 Å². The normalized spacial score (nSPS) is 24.1. The van der Waals surface area contributed by atoms with Crippen molar-refractivity contribution < 1.29 is 14.0 Å². The average molecular weight is 397 g/mol. The van der Waals surface area contributed by atoms with E-state index in [1.54, 1.807) is 13.8 Å². The third-order valence-corrected chi connectivity index (χ3v) is 6.95. The zero-order chi connectivity index (χ0) is 20.3. The van der Waals surface area contributed by atoms with Gasteiger partial charge in [-0.3, -0.25) is 9.59 Å². The molecule has 1 unspecified atom stereocenters. The molecule has 8 nitrogen and oxygen atoms in total. The van der Waals surface area contributed by atoms with Gasteiger partial charge in [0.05, 0.1) is 12.0 Å². The van der Waals surface area contributed by atoms with Crippen molar-refractivity contribution in [3.05, 3.63) is 35.1 Å². The summed E-state index contributed by atoms with van der Waals surface area (Å²) in [5.74, 6) is 1.28. The van der Waals surface area contributed by atoms with Crippen molar-refractivity contribution in [2.75, 3.05) is 19.6 Å². The van der Waals surface area contributed by atoms with E-state index in [9.17, 15) is 9.59 Å². The maximum atomic E-state index is 13.6. The predicted molar refractivity (Wildman–Crippen MR) is 104 cm³/mol. The highest BCUT2D eigenvalue weighted by molar-refractivity contribution is 5.94. The number of aryl methyl sites for hydroxylation is 3. The first-order chi connectivity index (χ1) is 13.9. The highest BCUT2D eigenvalue weighted by Crippen LogP contribution is 2.44. The fourth-order valence-corrected chi connectivity index (χ4v) is 5.16. The molecule has 3 aliphatic rings. The predicted octanol–water partition coefficient (Wildman–Crippen LogP) is 1.95. The first kappa shape index (κ1) is 18.4. The Bertz CT molecular complexity index is 989. The van der Waals surface area contributed by atoms with Crippen molar-refractivity contribution in [2.45, 2.75) is 51.5 Å². The quantitative estimate of drug-likeness (QED) is 0.773. The average Bonchev–Trinajstić information content (AvgIpc) is 3.32. The molecule has 0 radical (unpaired) electrons. The second-order valence-electron chi connectivity index (χ2n) is 8.66. The zero-order valence-electron chi connectivity index (χ0n) is 17.3. The third-order valence-electron chi connectivity index (χ3n) is 6.95. The van der Waals surface area contributed by atoms with Gasteiger partial charge in [0.25, 0.3) is 5.91 Å². The topological polar surface area (TPSA) is 84.5 Å². The van der Waals surface area contributed by atoms with E-state index in [-0.39, 0.29) is 17.7 Å². The summed E-state index contributed by atoms with van der Waals surface area (Å²) < 4.78 is 7.56. The molecular formula is C21H27N5O3. The molecule has 2 fully saturated rings. The van der Waals surface area contributed by atoms with Gasteiger partial charge in [-0.25, -0.2) is 9.97 Å². The van der Waals surface area contributed by atoms with Crippen LogP contribution in [0.15, 0.2) is 10.7 Å². The number of amides is 2. The molecule has 1 saturated heterocycles. The van der Waals surface area contributed by atoms with Gasteiger partial charge in [0, 0.05) is 51.6 Å². The van der Waals surface area contributed by atoms with Crippen molar-refractivity contribution >= 4 is 11.8 Å². The number of likely N-dealkylation sites (tertiary alicyclic amines) is 1. The Labute approximate surface area is 169 Å². The van der Waals surface area contributed by atoms with Gasteiger partial charge in [0.1, 0.15) is 11.3 Å². The van der Waals surface area contributed by atoms with Crippen LogP contribution in [0.3, 0.4) is 0 Å². The van der Waals surface area contributed by atoms with E-state index in [0.717, 1.165) is 37.1 Å². The standard InChI is InChI=1S/C21H27N5O3/c1-13-17(23-14(2)29-13)20(28)26-9-7-16-18(22-12-24(16)3)21(26)8-10-25(11-21)19(27)15-5-4-6-15/h12,15H,4-11H2,1-3H3. The molecule has 2 amide bonds. The van der Waals surface area contributed by atoms with Crippen LogP contribution >= 0.6 is 0 Å². The number of oxazole rings is 1. The van der Waals surface area contributed by atoms with E-state index in [4.69, 9.17) is 9.40 Å². The number of fused-ring (bicyclic) bond motifs is 2. The van der Waals surface area contributed by atoms with Crippen LogP contribution < -0.4 is 0 Å². The molecule has 154 valence electrons. The lowest BCUT2D eigenvalue weighted by atomic mass is 9.84. The molecule has 0 N–H and O–H groups in total. The highest BCUT2D eigenvalue weighted by Gasteiger charge is 2.53. The maximum Gasteiger partial charge on any atom is 0.276 e. The van der Waals surface area contributed by atoms with Gasteiger partial charge in [0.15, 0.2) is 11.6 Å². The summed E-state index contributed by atoms with van der Waals surface area (Å²) in [7, 11) is 1.99. The van der Waals surface area contributed by atoms with Crippen LogP contribution in [-0.2, 0) is 23.8 Å². The summed E-state index contributed by atoms with van der Waals surface area (Å²) in [5, 5.41) is 0. The molecule has 29 heavy (non-hydrogen) atoms. The van der Waals surface area contributed by atoms with Gasteiger partial charge < -0.3 is 18.8 Å². The Kier molecular flexibility index (Phi) is 4.08. The largest absolute Gasteiger partial charge is 0.445 e. The van der Waals surface area contributed by atoms with Crippen molar-refractivity contribution in [2.24, 2.45) is 13.0 Å². The summed E-state index contributed by atoms with van der Waals surface area (Å²) in [4.78, 5) is 39.4. The highest BCUT2D eigenvalue weighted by atomic mass is 16.4. The number of nitrogens with zero attached hydrogens (tertiary/aromatic N) is 5. The number of carbonyl (C=O) groups excluding carboxylic acids is 2. The molecule has 1 atom stereocenters. The number of hydrogen-bond acceptors (Lipinski definition) is 5. The minimum atomic E-state index is -0.593. The summed E-state index contributed by atoms with van der Waals surface area (Å²) in [6, 6.07) is 0. The Morgan fingerprint density at radius 2 is 2.03 bits per heavy atom. The molecule has 1 saturated carbocycles. The van der Waals surface area contributed by atoms with Gasteiger partial charge in [-0.2, -0.15) is 0 Å². The number of aromatic nitrogens is 3. The lowest BCUT2D eigenvalue weighted by molar-refractivity contribution is -0.137. The molecule has 2 aromatic heterocycles. The van der Waals surface area contributed by atoms with Crippen molar-refractivity contribution in [3.8, 4) is 0 Å². The summed E-state index contributed by atoms with van der Waals surface area (Å²) in [5.41, 5.74) is 1.86. The van der Waals surface area contributed by atoms with Crippen LogP contribution in [-0.4, -0.2) is 55.8 Å². The van der Waals surface area contributed by atoms with Crippen LogP contribution in [0, 0.1) is 19.8 Å². The zero-order valence-corrected chi connectivity index (χ0v) is 17.3. The summed E-state index contributed by atoms with van der Waals surface area (Å²) in [6.45, 7) is 5.28. The minimum absolute atomic E-state index is 0.131. The maximum absolute atomic E-state index is 13.6. The van der Waals surface area contributed by atoms with E-state index in [0.29, 0.717) is 43.4 Å². The molecule has 0 bridgehead atoms. The SMILES string of the molecule is Cc1nc(C(=O)N2CCc3c(ncn3C)C23CCN(C(=O)C2CCC2)C3)c(C)o1. The van der Waals surface area contributed by atoms with Crippen molar-refractivity contribution in [3.63, 3.8) is 0 Å². The lowest BCUT2D eigenvalue weighted by Gasteiger charge is -2.44. The van der Waals surface area contributed by atoms with E-state index in [1.807, 2.05) is 27.7 Å². The van der Waals surface area contributed by atoms with Crippen LogP contribution in [0.4, 0.5) is 0 Å². The monoisotopic (exact) mass is 397 g/mol. The lowest BCUT2D eigenvalue weighted by Crippen LogP contribution is -2.56. The van der Waals surface area contributed by atoms with Gasteiger partial charge in [-0.05, 0) is 26.2 Å². The summed E-state index contributed by atoms with van der Waals surface area (Å²) in [6.07, 6.45) is 6.37. The molecule has 1 spiro atoms. The van der Waals surface area contributed by atoms with Crippen LogP contribution in [0.25, 0.3) is 0 Å². The molecule has 5 rings (SSSR count). The number of rotatable bonds is 2. The molecule has 0 aromatic carbocycles. The van der Waals surface area contributed by atoms with E-state index < -0.39 is 5.54 Å². The third kappa shape index (κ3) is 2.64. The second-order valence-corrected chi connectivity index (χ2v) is 8.66. The minimum Gasteiger partial charge on any atom is -0.445 e.